The van der Waals surface area contributed by atoms with Gasteiger partial charge < -0.3 is 5.73 Å². The standard InChI is InChI=1S/C7H19NSi/c1-3-5-9-6-4-7(2)8/h7H,3-6,8-9H2,1-2H3. The summed E-state index contributed by atoms with van der Waals surface area (Å²) in [4.78, 5) is 0. The lowest BCUT2D eigenvalue weighted by molar-refractivity contribution is 0.711. The molecule has 0 aromatic carbocycles. The van der Waals surface area contributed by atoms with E-state index in [1.54, 1.807) is 0 Å². The minimum Gasteiger partial charge on any atom is -0.328 e. The van der Waals surface area contributed by atoms with Crippen molar-refractivity contribution in [3.05, 3.63) is 0 Å². The van der Waals surface area contributed by atoms with Gasteiger partial charge in [0.15, 0.2) is 0 Å². The van der Waals surface area contributed by atoms with E-state index in [1.165, 1.54) is 24.9 Å². The van der Waals surface area contributed by atoms with Crippen LogP contribution in [0.2, 0.25) is 12.1 Å². The Morgan fingerprint density at radius 3 is 2.56 bits per heavy atom. The highest BCUT2D eigenvalue weighted by Gasteiger charge is 1.92. The molecule has 0 heterocycles. The van der Waals surface area contributed by atoms with E-state index in [2.05, 4.69) is 13.8 Å². The Hall–Kier alpha value is 0.177. The molecule has 0 saturated heterocycles. The Kier molecular flexibility index (Phi) is 6.42. The normalized spacial score (nSPS) is 15.0. The molecule has 0 rings (SSSR count). The molecule has 0 amide bonds. The van der Waals surface area contributed by atoms with Gasteiger partial charge in [0.1, 0.15) is 0 Å². The monoisotopic (exact) mass is 145 g/mol. The molecule has 0 aliphatic rings. The van der Waals surface area contributed by atoms with Crippen molar-refractivity contribution >= 4 is 9.52 Å². The van der Waals surface area contributed by atoms with Crippen molar-refractivity contribution < 1.29 is 0 Å². The second-order valence-corrected chi connectivity index (χ2v) is 4.95. The zero-order valence-corrected chi connectivity index (χ0v) is 8.10. The van der Waals surface area contributed by atoms with Gasteiger partial charge in [0, 0.05) is 15.6 Å². The second kappa shape index (κ2) is 6.30. The largest absolute Gasteiger partial charge is 0.328 e. The average molecular weight is 145 g/mol. The molecule has 0 aliphatic heterocycles. The van der Waals surface area contributed by atoms with Gasteiger partial charge in [-0.15, -0.1) is 0 Å². The molecule has 1 unspecified atom stereocenters. The molecular formula is C7H19NSi. The maximum atomic E-state index is 5.60. The van der Waals surface area contributed by atoms with Crippen LogP contribution in [-0.4, -0.2) is 15.6 Å². The summed E-state index contributed by atoms with van der Waals surface area (Å²) in [7, 11) is 0.288. The SMILES string of the molecule is CCC[SiH2]CCC(C)N. The Morgan fingerprint density at radius 1 is 1.44 bits per heavy atom. The van der Waals surface area contributed by atoms with Crippen LogP contribution < -0.4 is 5.73 Å². The van der Waals surface area contributed by atoms with Crippen LogP contribution in [0, 0.1) is 0 Å². The first-order valence-corrected chi connectivity index (χ1v) is 6.03. The first kappa shape index (κ1) is 9.18. The molecule has 56 valence electrons. The summed E-state index contributed by atoms with van der Waals surface area (Å²) in [6, 6.07) is 3.40. The van der Waals surface area contributed by atoms with Crippen LogP contribution >= 0.6 is 0 Å². The van der Waals surface area contributed by atoms with Crippen LogP contribution in [0.4, 0.5) is 0 Å². The molecule has 0 saturated carbocycles. The summed E-state index contributed by atoms with van der Waals surface area (Å²) in [5.41, 5.74) is 5.60. The molecular weight excluding hydrogens is 126 g/mol. The van der Waals surface area contributed by atoms with Crippen LogP contribution in [0.15, 0.2) is 0 Å². The van der Waals surface area contributed by atoms with E-state index >= 15 is 0 Å². The summed E-state index contributed by atoms with van der Waals surface area (Å²) >= 11 is 0. The summed E-state index contributed by atoms with van der Waals surface area (Å²) in [6.07, 6.45) is 2.64. The highest BCUT2D eigenvalue weighted by atomic mass is 28.2. The Balaban J connectivity index is 2.75. The van der Waals surface area contributed by atoms with E-state index < -0.39 is 0 Å². The summed E-state index contributed by atoms with van der Waals surface area (Å²) in [6.45, 7) is 4.36. The maximum absolute atomic E-state index is 5.60. The van der Waals surface area contributed by atoms with E-state index in [0.717, 1.165) is 0 Å². The predicted octanol–water partition coefficient (Wildman–Crippen LogP) is 1.14. The van der Waals surface area contributed by atoms with E-state index in [9.17, 15) is 0 Å². The third-order valence-electron chi connectivity index (χ3n) is 1.51. The molecule has 1 nitrogen and oxygen atoms in total. The first-order chi connectivity index (χ1) is 4.27. The molecule has 9 heavy (non-hydrogen) atoms. The van der Waals surface area contributed by atoms with Gasteiger partial charge in [0.05, 0.1) is 0 Å². The molecule has 2 N–H and O–H groups in total. The molecule has 2 heteroatoms. The highest BCUT2D eigenvalue weighted by molar-refractivity contribution is 6.35. The Morgan fingerprint density at radius 2 is 2.11 bits per heavy atom. The van der Waals surface area contributed by atoms with Gasteiger partial charge in [-0.25, -0.2) is 0 Å². The number of rotatable bonds is 5. The lowest BCUT2D eigenvalue weighted by Crippen LogP contribution is -2.14. The average Bonchev–Trinajstić information content (AvgIpc) is 1.80. The van der Waals surface area contributed by atoms with Gasteiger partial charge in [-0.2, -0.15) is 0 Å². The summed E-state index contributed by atoms with van der Waals surface area (Å²) in [5, 5.41) is 0. The smallest absolute Gasteiger partial charge is 0.0198 e. The molecule has 0 spiro atoms. The van der Waals surface area contributed by atoms with Crippen molar-refractivity contribution in [1.82, 2.24) is 0 Å². The Bertz CT molecular complexity index is 54.9. The van der Waals surface area contributed by atoms with E-state index in [4.69, 9.17) is 5.73 Å². The topological polar surface area (TPSA) is 26.0 Å². The van der Waals surface area contributed by atoms with E-state index in [0.29, 0.717) is 6.04 Å². The van der Waals surface area contributed by atoms with Gasteiger partial charge in [-0.1, -0.05) is 25.4 Å². The first-order valence-electron chi connectivity index (χ1n) is 4.03. The van der Waals surface area contributed by atoms with Gasteiger partial charge in [-0.3, -0.25) is 0 Å². The molecule has 0 aromatic rings. The lowest BCUT2D eigenvalue weighted by Gasteiger charge is -2.01. The van der Waals surface area contributed by atoms with Gasteiger partial charge >= 0.3 is 0 Å². The van der Waals surface area contributed by atoms with E-state index in [-0.39, 0.29) is 9.52 Å². The second-order valence-electron chi connectivity index (χ2n) is 2.83. The van der Waals surface area contributed by atoms with Crippen LogP contribution in [0.1, 0.15) is 26.7 Å². The fourth-order valence-corrected chi connectivity index (χ4v) is 2.68. The van der Waals surface area contributed by atoms with Gasteiger partial charge in [0.2, 0.25) is 0 Å². The van der Waals surface area contributed by atoms with Gasteiger partial charge in [-0.05, 0) is 13.3 Å². The van der Waals surface area contributed by atoms with E-state index in [1.807, 2.05) is 0 Å². The van der Waals surface area contributed by atoms with Crippen molar-refractivity contribution in [3.8, 4) is 0 Å². The lowest BCUT2D eigenvalue weighted by atomic mass is 10.3. The predicted molar refractivity (Wildman–Crippen MR) is 46.7 cm³/mol. The van der Waals surface area contributed by atoms with Crippen molar-refractivity contribution in [1.29, 1.82) is 0 Å². The van der Waals surface area contributed by atoms with Crippen molar-refractivity contribution in [2.45, 2.75) is 44.8 Å². The number of hydrogen-bond donors (Lipinski definition) is 1. The van der Waals surface area contributed by atoms with Crippen molar-refractivity contribution in [2.24, 2.45) is 5.73 Å². The minimum absolute atomic E-state index is 0.288. The highest BCUT2D eigenvalue weighted by Crippen LogP contribution is 1.96. The third kappa shape index (κ3) is 8.18. The maximum Gasteiger partial charge on any atom is 0.0198 e. The quantitative estimate of drug-likeness (QED) is 0.456. The van der Waals surface area contributed by atoms with Crippen LogP contribution in [-0.2, 0) is 0 Å². The summed E-state index contributed by atoms with van der Waals surface area (Å²) in [5.74, 6) is 0. The molecule has 0 radical (unpaired) electrons. The third-order valence-corrected chi connectivity index (χ3v) is 3.63. The zero-order chi connectivity index (χ0) is 7.11. The molecule has 0 bridgehead atoms. The molecule has 0 aromatic heterocycles. The molecule has 1 atom stereocenters. The zero-order valence-electron chi connectivity index (χ0n) is 6.69. The Labute approximate surface area is 60.8 Å². The fraction of sp³-hybridized carbons (Fsp3) is 1.00. The number of nitrogens with two attached hydrogens (primary N) is 1. The molecule has 0 fully saturated rings. The van der Waals surface area contributed by atoms with Crippen LogP contribution in [0.5, 0.6) is 0 Å². The fourth-order valence-electron chi connectivity index (χ4n) is 0.893. The van der Waals surface area contributed by atoms with Crippen molar-refractivity contribution in [3.63, 3.8) is 0 Å². The molecule has 0 aliphatic carbocycles. The number of hydrogen-bond acceptors (Lipinski definition) is 1. The summed E-state index contributed by atoms with van der Waals surface area (Å²) < 4.78 is 0. The minimum atomic E-state index is 0.288. The van der Waals surface area contributed by atoms with Crippen molar-refractivity contribution in [2.75, 3.05) is 0 Å². The van der Waals surface area contributed by atoms with Crippen LogP contribution in [0.25, 0.3) is 0 Å². The van der Waals surface area contributed by atoms with Gasteiger partial charge in [0.25, 0.3) is 0 Å². The van der Waals surface area contributed by atoms with Crippen LogP contribution in [0.3, 0.4) is 0 Å².